The Hall–Kier alpha value is -0.850. The molecule has 0 saturated heterocycles. The summed E-state index contributed by atoms with van der Waals surface area (Å²) in [6.07, 6.45) is 1.21. The fourth-order valence-corrected chi connectivity index (χ4v) is 2.54. The van der Waals surface area contributed by atoms with Crippen molar-refractivity contribution in [2.24, 2.45) is 5.92 Å². The fourth-order valence-electron chi connectivity index (χ4n) is 1.93. The molecule has 2 N–H and O–H groups in total. The third-order valence-electron chi connectivity index (χ3n) is 3.32. The number of furan rings is 1. The van der Waals surface area contributed by atoms with Crippen LogP contribution in [0.4, 0.5) is 0 Å². The van der Waals surface area contributed by atoms with Gasteiger partial charge in [-0.15, -0.1) is 0 Å². The van der Waals surface area contributed by atoms with Crippen molar-refractivity contribution in [2.45, 2.75) is 25.8 Å². The van der Waals surface area contributed by atoms with Crippen molar-refractivity contribution in [3.05, 3.63) is 23.7 Å². The summed E-state index contributed by atoms with van der Waals surface area (Å²) in [6.45, 7) is 3.20. The number of nitrogens with one attached hydrogen (secondary N) is 2. The maximum atomic E-state index is 11.2. The standard InChI is InChI=1S/C12H20N2O3S/c1-9-7-11(9)12-4-3-10(17-12)8-14-5-6-18(15,16)13-2/h3-4,9,11,13-14H,5-8H2,1-2H3. The Morgan fingerprint density at radius 1 is 1.44 bits per heavy atom. The molecule has 1 fully saturated rings. The second-order valence-electron chi connectivity index (χ2n) is 4.82. The molecule has 2 unspecified atom stereocenters. The first-order valence-corrected chi connectivity index (χ1v) is 7.87. The lowest BCUT2D eigenvalue weighted by Crippen LogP contribution is -2.29. The molecule has 1 aliphatic rings. The predicted octanol–water partition coefficient (Wildman–Crippen LogP) is 1.04. The van der Waals surface area contributed by atoms with Crippen LogP contribution in [0.2, 0.25) is 0 Å². The highest BCUT2D eigenvalue weighted by atomic mass is 32.2. The van der Waals surface area contributed by atoms with Gasteiger partial charge in [0.1, 0.15) is 11.5 Å². The Labute approximate surface area is 108 Å². The third kappa shape index (κ3) is 3.57. The van der Waals surface area contributed by atoms with Crippen molar-refractivity contribution >= 4 is 10.0 Å². The molecule has 102 valence electrons. The molecule has 0 amide bonds. The SMILES string of the molecule is CNS(=O)(=O)CCNCc1ccc(C2CC2C)o1. The van der Waals surface area contributed by atoms with Crippen molar-refractivity contribution in [3.8, 4) is 0 Å². The highest BCUT2D eigenvalue weighted by Gasteiger charge is 2.36. The molecular formula is C12H20N2O3S. The average Bonchev–Trinajstić information content (AvgIpc) is 2.89. The summed E-state index contributed by atoms with van der Waals surface area (Å²) in [5.74, 6) is 3.32. The van der Waals surface area contributed by atoms with E-state index in [1.807, 2.05) is 12.1 Å². The molecule has 0 radical (unpaired) electrons. The molecule has 18 heavy (non-hydrogen) atoms. The number of hydrogen-bond acceptors (Lipinski definition) is 4. The van der Waals surface area contributed by atoms with E-state index in [1.165, 1.54) is 13.5 Å². The molecule has 1 aromatic rings. The van der Waals surface area contributed by atoms with E-state index in [0.29, 0.717) is 19.0 Å². The van der Waals surface area contributed by atoms with Gasteiger partial charge in [-0.2, -0.15) is 0 Å². The number of rotatable bonds is 7. The molecule has 0 aromatic carbocycles. The summed E-state index contributed by atoms with van der Waals surface area (Å²) in [5.41, 5.74) is 0. The van der Waals surface area contributed by atoms with Gasteiger partial charge in [-0.1, -0.05) is 6.92 Å². The Balaban J connectivity index is 1.72. The van der Waals surface area contributed by atoms with Gasteiger partial charge in [0.25, 0.3) is 0 Å². The molecule has 2 rings (SSSR count). The molecule has 0 bridgehead atoms. The summed E-state index contributed by atoms with van der Waals surface area (Å²) in [4.78, 5) is 0. The third-order valence-corrected chi connectivity index (χ3v) is 4.68. The minimum atomic E-state index is -3.12. The van der Waals surface area contributed by atoms with E-state index in [-0.39, 0.29) is 5.75 Å². The zero-order valence-electron chi connectivity index (χ0n) is 10.8. The van der Waals surface area contributed by atoms with Crippen LogP contribution in [0.15, 0.2) is 16.5 Å². The van der Waals surface area contributed by atoms with Crippen LogP contribution in [0.1, 0.15) is 30.8 Å². The Kier molecular flexibility index (Phi) is 4.09. The van der Waals surface area contributed by atoms with Gasteiger partial charge in [0.2, 0.25) is 10.0 Å². The van der Waals surface area contributed by atoms with Crippen molar-refractivity contribution < 1.29 is 12.8 Å². The zero-order chi connectivity index (χ0) is 13.2. The molecule has 2 atom stereocenters. The first kappa shape index (κ1) is 13.6. The normalized spacial score (nSPS) is 23.2. The monoisotopic (exact) mass is 272 g/mol. The minimum Gasteiger partial charge on any atom is -0.464 e. The summed E-state index contributed by atoms with van der Waals surface area (Å²) >= 11 is 0. The quantitative estimate of drug-likeness (QED) is 0.728. The van der Waals surface area contributed by atoms with E-state index < -0.39 is 10.0 Å². The van der Waals surface area contributed by atoms with E-state index in [4.69, 9.17) is 4.42 Å². The average molecular weight is 272 g/mol. The highest BCUT2D eigenvalue weighted by molar-refractivity contribution is 7.89. The maximum absolute atomic E-state index is 11.2. The lowest BCUT2D eigenvalue weighted by Gasteiger charge is -2.03. The van der Waals surface area contributed by atoms with Crippen molar-refractivity contribution in [2.75, 3.05) is 19.3 Å². The summed E-state index contributed by atoms with van der Waals surface area (Å²) in [6, 6.07) is 3.98. The smallest absolute Gasteiger partial charge is 0.212 e. The Morgan fingerprint density at radius 3 is 2.78 bits per heavy atom. The van der Waals surface area contributed by atoms with Crippen LogP contribution in [0.3, 0.4) is 0 Å². The second kappa shape index (κ2) is 5.42. The molecule has 1 saturated carbocycles. The molecule has 1 aromatic heterocycles. The molecule has 5 nitrogen and oxygen atoms in total. The minimum absolute atomic E-state index is 0.0801. The summed E-state index contributed by atoms with van der Waals surface area (Å²) in [5, 5.41) is 3.06. The Morgan fingerprint density at radius 2 is 2.17 bits per heavy atom. The molecule has 1 aliphatic carbocycles. The predicted molar refractivity (Wildman–Crippen MR) is 69.8 cm³/mol. The van der Waals surface area contributed by atoms with Gasteiger partial charge in [-0.25, -0.2) is 13.1 Å². The van der Waals surface area contributed by atoms with Crippen LogP contribution < -0.4 is 10.0 Å². The van der Waals surface area contributed by atoms with Gasteiger partial charge in [0.05, 0.1) is 12.3 Å². The largest absolute Gasteiger partial charge is 0.464 e. The van der Waals surface area contributed by atoms with E-state index in [1.54, 1.807) is 0 Å². The number of hydrogen-bond donors (Lipinski definition) is 2. The highest BCUT2D eigenvalue weighted by Crippen LogP contribution is 2.47. The molecule has 1 heterocycles. The molecule has 0 spiro atoms. The van der Waals surface area contributed by atoms with E-state index in [9.17, 15) is 8.42 Å². The summed E-state index contributed by atoms with van der Waals surface area (Å²) in [7, 11) is -1.70. The molecule has 0 aliphatic heterocycles. The van der Waals surface area contributed by atoms with Crippen LogP contribution in [0, 0.1) is 5.92 Å². The lowest BCUT2D eigenvalue weighted by atomic mass is 10.3. The first-order chi connectivity index (χ1) is 8.52. The van der Waals surface area contributed by atoms with Gasteiger partial charge in [-0.3, -0.25) is 0 Å². The van der Waals surface area contributed by atoms with Crippen LogP contribution in [-0.4, -0.2) is 27.8 Å². The second-order valence-corrected chi connectivity index (χ2v) is 6.87. The zero-order valence-corrected chi connectivity index (χ0v) is 11.6. The van der Waals surface area contributed by atoms with Gasteiger partial charge < -0.3 is 9.73 Å². The van der Waals surface area contributed by atoms with E-state index in [0.717, 1.165) is 17.4 Å². The van der Waals surface area contributed by atoms with Crippen LogP contribution >= 0.6 is 0 Å². The Bertz CT molecular complexity index is 495. The first-order valence-electron chi connectivity index (χ1n) is 6.22. The lowest BCUT2D eigenvalue weighted by molar-refractivity contribution is 0.446. The van der Waals surface area contributed by atoms with Crippen molar-refractivity contribution in [1.29, 1.82) is 0 Å². The number of sulfonamides is 1. The van der Waals surface area contributed by atoms with Crippen LogP contribution in [-0.2, 0) is 16.6 Å². The van der Waals surface area contributed by atoms with E-state index >= 15 is 0 Å². The maximum Gasteiger partial charge on any atom is 0.212 e. The van der Waals surface area contributed by atoms with Gasteiger partial charge in [0, 0.05) is 12.5 Å². The molecule has 6 heteroatoms. The van der Waals surface area contributed by atoms with Gasteiger partial charge in [-0.05, 0) is 31.5 Å². The van der Waals surface area contributed by atoms with E-state index in [2.05, 4.69) is 17.0 Å². The van der Waals surface area contributed by atoms with Crippen LogP contribution in [0.25, 0.3) is 0 Å². The van der Waals surface area contributed by atoms with Crippen molar-refractivity contribution in [3.63, 3.8) is 0 Å². The fraction of sp³-hybridized carbons (Fsp3) is 0.667. The van der Waals surface area contributed by atoms with Crippen molar-refractivity contribution in [1.82, 2.24) is 10.0 Å². The topological polar surface area (TPSA) is 71.3 Å². The van der Waals surface area contributed by atoms with Gasteiger partial charge in [0.15, 0.2) is 0 Å². The molecular weight excluding hydrogens is 252 g/mol. The van der Waals surface area contributed by atoms with Crippen LogP contribution in [0.5, 0.6) is 0 Å². The summed E-state index contributed by atoms with van der Waals surface area (Å²) < 4.78 is 30.3. The van der Waals surface area contributed by atoms with Gasteiger partial charge >= 0.3 is 0 Å².